The van der Waals surface area contributed by atoms with Gasteiger partial charge in [0.15, 0.2) is 0 Å². The van der Waals surface area contributed by atoms with Crippen molar-refractivity contribution in [3.05, 3.63) is 35.9 Å². The molecule has 1 unspecified atom stereocenters. The van der Waals surface area contributed by atoms with Gasteiger partial charge in [-0.3, -0.25) is 9.59 Å². The van der Waals surface area contributed by atoms with E-state index in [1.54, 1.807) is 4.90 Å². The molecule has 5 nitrogen and oxygen atoms in total. The molecule has 1 saturated heterocycles. The molecule has 0 aromatic heterocycles. The van der Waals surface area contributed by atoms with Crippen LogP contribution in [0.3, 0.4) is 0 Å². The summed E-state index contributed by atoms with van der Waals surface area (Å²) in [4.78, 5) is 26.4. The van der Waals surface area contributed by atoms with E-state index in [2.05, 4.69) is 0 Å². The van der Waals surface area contributed by atoms with Gasteiger partial charge in [0.2, 0.25) is 5.91 Å². The van der Waals surface area contributed by atoms with E-state index in [0.717, 1.165) is 31.2 Å². The lowest BCUT2D eigenvalue weighted by Crippen LogP contribution is -2.57. The number of amides is 1. The molecule has 1 saturated carbocycles. The van der Waals surface area contributed by atoms with E-state index in [0.29, 0.717) is 6.54 Å². The zero-order valence-electron chi connectivity index (χ0n) is 14.6. The molecule has 25 heavy (non-hydrogen) atoms. The van der Waals surface area contributed by atoms with Gasteiger partial charge in [0.1, 0.15) is 5.41 Å². The maximum absolute atomic E-state index is 12.7. The first-order valence-electron chi connectivity index (χ1n) is 9.27. The molecular formula is C20H27NO4. The number of hydrogen-bond acceptors (Lipinski definition) is 3. The van der Waals surface area contributed by atoms with Crippen molar-refractivity contribution >= 4 is 11.9 Å². The fraction of sp³-hybridized carbons (Fsp3) is 0.600. The van der Waals surface area contributed by atoms with Crippen LogP contribution in [0.2, 0.25) is 0 Å². The third kappa shape index (κ3) is 3.71. The molecule has 3 rings (SSSR count). The number of rotatable bonds is 4. The predicted octanol–water partition coefficient (Wildman–Crippen LogP) is 2.47. The summed E-state index contributed by atoms with van der Waals surface area (Å²) in [5.74, 6) is -0.835. The van der Waals surface area contributed by atoms with Crippen LogP contribution in [0.5, 0.6) is 0 Å². The summed E-state index contributed by atoms with van der Waals surface area (Å²) in [6.45, 7) is 0.528. The molecular weight excluding hydrogens is 318 g/mol. The van der Waals surface area contributed by atoms with Crippen LogP contribution in [0.1, 0.15) is 44.1 Å². The van der Waals surface area contributed by atoms with Crippen LogP contribution in [0.15, 0.2) is 30.3 Å². The number of β-amino-alcohol motifs (C(OH)–C–C–N with tert-alkyl or cyclic N) is 1. The number of aliphatic hydroxyl groups excluding tert-OH is 1. The Bertz CT molecular complexity index is 611. The number of nitrogens with zero attached hydrogens (tertiary/aromatic N) is 1. The number of benzene rings is 1. The molecule has 1 aliphatic heterocycles. The number of carboxylic acids is 1. The standard InChI is InChI=1S/C20H27NO4/c22-17-14-21(18(23)16-9-5-2-6-10-16)12-11-20(17,19(24)25)13-15-7-3-1-4-8-15/h1,3-4,7-8,16-17,22H,2,5-6,9-14H2,(H,24,25)/t17?,20-/m1/s1. The fourth-order valence-electron chi connectivity index (χ4n) is 4.28. The summed E-state index contributed by atoms with van der Waals surface area (Å²) in [7, 11) is 0. The van der Waals surface area contributed by atoms with Crippen LogP contribution >= 0.6 is 0 Å². The summed E-state index contributed by atoms with van der Waals surface area (Å²) in [6, 6.07) is 9.41. The van der Waals surface area contributed by atoms with Crippen LogP contribution < -0.4 is 0 Å². The maximum atomic E-state index is 12.7. The van der Waals surface area contributed by atoms with Gasteiger partial charge in [-0.15, -0.1) is 0 Å². The van der Waals surface area contributed by atoms with Crippen molar-refractivity contribution in [1.29, 1.82) is 0 Å². The third-order valence-corrected chi connectivity index (χ3v) is 5.91. The largest absolute Gasteiger partial charge is 0.481 e. The zero-order chi connectivity index (χ0) is 17.9. The second-order valence-electron chi connectivity index (χ2n) is 7.51. The summed E-state index contributed by atoms with van der Waals surface area (Å²) in [5, 5.41) is 20.5. The Hall–Kier alpha value is -1.88. The second kappa shape index (κ2) is 7.56. The van der Waals surface area contributed by atoms with Gasteiger partial charge in [0.25, 0.3) is 0 Å². The van der Waals surface area contributed by atoms with Gasteiger partial charge in [0.05, 0.1) is 6.10 Å². The van der Waals surface area contributed by atoms with E-state index in [-0.39, 0.29) is 31.2 Å². The minimum atomic E-state index is -1.22. The molecule has 1 aromatic rings. The second-order valence-corrected chi connectivity index (χ2v) is 7.51. The normalized spacial score (nSPS) is 27.9. The van der Waals surface area contributed by atoms with Crippen LogP contribution in [0, 0.1) is 11.3 Å². The molecule has 2 atom stereocenters. The molecule has 0 bridgehead atoms. The average molecular weight is 345 g/mol. The highest BCUT2D eigenvalue weighted by Gasteiger charge is 2.49. The zero-order valence-corrected chi connectivity index (χ0v) is 14.6. The monoisotopic (exact) mass is 345 g/mol. The number of hydrogen-bond donors (Lipinski definition) is 2. The van der Waals surface area contributed by atoms with Crippen LogP contribution in [-0.4, -0.2) is 46.2 Å². The first kappa shape index (κ1) is 17.9. The number of likely N-dealkylation sites (tertiary alicyclic amines) is 1. The van der Waals surface area contributed by atoms with Gasteiger partial charge < -0.3 is 15.1 Å². The average Bonchev–Trinajstić information content (AvgIpc) is 2.64. The Balaban J connectivity index is 1.71. The molecule has 1 heterocycles. The van der Waals surface area contributed by atoms with Gasteiger partial charge in [0, 0.05) is 19.0 Å². The van der Waals surface area contributed by atoms with E-state index >= 15 is 0 Å². The van der Waals surface area contributed by atoms with Crippen LogP contribution in [-0.2, 0) is 16.0 Å². The van der Waals surface area contributed by atoms with Crippen molar-refractivity contribution < 1.29 is 19.8 Å². The van der Waals surface area contributed by atoms with Crippen molar-refractivity contribution in [3.8, 4) is 0 Å². The highest BCUT2D eigenvalue weighted by molar-refractivity contribution is 5.80. The van der Waals surface area contributed by atoms with Crippen molar-refractivity contribution in [1.82, 2.24) is 4.90 Å². The van der Waals surface area contributed by atoms with Crippen molar-refractivity contribution in [2.45, 2.75) is 51.0 Å². The quantitative estimate of drug-likeness (QED) is 0.879. The summed E-state index contributed by atoms with van der Waals surface area (Å²) < 4.78 is 0. The molecule has 2 aliphatic rings. The first-order valence-corrected chi connectivity index (χ1v) is 9.27. The fourth-order valence-corrected chi connectivity index (χ4v) is 4.28. The lowest BCUT2D eigenvalue weighted by atomic mass is 9.71. The van der Waals surface area contributed by atoms with E-state index in [4.69, 9.17) is 0 Å². The van der Waals surface area contributed by atoms with Gasteiger partial charge in [-0.05, 0) is 31.2 Å². The minimum Gasteiger partial charge on any atom is -0.481 e. The number of piperidine rings is 1. The summed E-state index contributed by atoms with van der Waals surface area (Å²) in [5.41, 5.74) is -0.318. The van der Waals surface area contributed by atoms with E-state index in [1.807, 2.05) is 30.3 Å². The van der Waals surface area contributed by atoms with Gasteiger partial charge in [-0.2, -0.15) is 0 Å². The number of aliphatic carboxylic acids is 1. The molecule has 1 aliphatic carbocycles. The highest BCUT2D eigenvalue weighted by atomic mass is 16.4. The van der Waals surface area contributed by atoms with Gasteiger partial charge in [-0.25, -0.2) is 0 Å². The molecule has 5 heteroatoms. The van der Waals surface area contributed by atoms with Crippen LogP contribution in [0.25, 0.3) is 0 Å². The lowest BCUT2D eigenvalue weighted by molar-refractivity contribution is -0.167. The highest BCUT2D eigenvalue weighted by Crippen LogP contribution is 2.37. The predicted molar refractivity (Wildman–Crippen MR) is 94.0 cm³/mol. The first-order chi connectivity index (χ1) is 12.0. The topological polar surface area (TPSA) is 77.8 Å². The number of carboxylic acid groups (broad SMARTS) is 1. The Kier molecular flexibility index (Phi) is 5.42. The minimum absolute atomic E-state index is 0.0485. The smallest absolute Gasteiger partial charge is 0.312 e. The van der Waals surface area contributed by atoms with Crippen molar-refractivity contribution in [2.24, 2.45) is 11.3 Å². The number of carbonyl (C=O) groups is 2. The third-order valence-electron chi connectivity index (χ3n) is 5.91. The van der Waals surface area contributed by atoms with Gasteiger partial charge in [-0.1, -0.05) is 49.6 Å². The van der Waals surface area contributed by atoms with E-state index in [1.165, 1.54) is 6.42 Å². The Morgan fingerprint density at radius 1 is 1.12 bits per heavy atom. The van der Waals surface area contributed by atoms with Crippen molar-refractivity contribution in [2.75, 3.05) is 13.1 Å². The van der Waals surface area contributed by atoms with E-state index < -0.39 is 17.5 Å². The summed E-state index contributed by atoms with van der Waals surface area (Å²) >= 11 is 0. The SMILES string of the molecule is O=C(C1CCCCC1)N1CC[C@](Cc2ccccc2)(C(=O)O)C(O)C1. The number of carbonyl (C=O) groups excluding carboxylic acids is 1. The Morgan fingerprint density at radius 2 is 1.80 bits per heavy atom. The molecule has 0 radical (unpaired) electrons. The molecule has 2 fully saturated rings. The maximum Gasteiger partial charge on any atom is 0.312 e. The Morgan fingerprint density at radius 3 is 2.40 bits per heavy atom. The Labute approximate surface area is 148 Å². The number of aliphatic hydroxyl groups is 1. The van der Waals surface area contributed by atoms with Crippen molar-refractivity contribution in [3.63, 3.8) is 0 Å². The summed E-state index contributed by atoms with van der Waals surface area (Å²) in [6.07, 6.45) is 4.71. The van der Waals surface area contributed by atoms with Gasteiger partial charge >= 0.3 is 5.97 Å². The molecule has 2 N–H and O–H groups in total. The molecule has 1 amide bonds. The molecule has 0 spiro atoms. The lowest BCUT2D eigenvalue weighted by Gasteiger charge is -2.44. The van der Waals surface area contributed by atoms with Crippen LogP contribution in [0.4, 0.5) is 0 Å². The van der Waals surface area contributed by atoms with E-state index in [9.17, 15) is 19.8 Å². The molecule has 1 aromatic carbocycles. The molecule has 136 valence electrons.